The van der Waals surface area contributed by atoms with E-state index in [-0.39, 0.29) is 30.3 Å². The number of aromatic nitrogens is 2. The maximum Gasteiger partial charge on any atom is 0.221 e. The molecule has 3 aromatic rings. The Hall–Kier alpha value is -2.99. The number of amides is 1. The molecule has 0 fully saturated rings. The first-order valence-electron chi connectivity index (χ1n) is 8.75. The Morgan fingerprint density at radius 3 is 2.39 bits per heavy atom. The van der Waals surface area contributed by atoms with Crippen LogP contribution in [0, 0.1) is 5.82 Å². The molecule has 1 heterocycles. The standard InChI is InChI=1S/C21H19ClFN3O2/c1-26-13-12-24-21(26)20(15-4-8-17(23)9-5-15)25-19(28)11-10-18(27)14-2-6-16(22)7-3-14/h2-9,12-13,20H,10-11H2,1H3,(H,25,28). The van der Waals surface area contributed by atoms with Crippen molar-refractivity contribution >= 4 is 23.3 Å². The fourth-order valence-corrected chi connectivity index (χ4v) is 2.97. The quantitative estimate of drug-likeness (QED) is 0.609. The number of benzene rings is 2. The van der Waals surface area contributed by atoms with E-state index >= 15 is 0 Å². The SMILES string of the molecule is Cn1ccnc1C(NC(=O)CCC(=O)c1ccc(Cl)cc1)c1ccc(F)cc1. The first-order valence-corrected chi connectivity index (χ1v) is 9.12. The molecule has 0 radical (unpaired) electrons. The highest BCUT2D eigenvalue weighted by molar-refractivity contribution is 6.30. The summed E-state index contributed by atoms with van der Waals surface area (Å²) in [5, 5.41) is 3.44. The summed E-state index contributed by atoms with van der Waals surface area (Å²) in [4.78, 5) is 29.0. The largest absolute Gasteiger partial charge is 0.342 e. The van der Waals surface area contributed by atoms with Gasteiger partial charge in [0, 0.05) is 42.9 Å². The lowest BCUT2D eigenvalue weighted by Crippen LogP contribution is -2.31. The Kier molecular flexibility index (Phi) is 6.21. The van der Waals surface area contributed by atoms with Crippen molar-refractivity contribution in [3.05, 3.63) is 88.7 Å². The highest BCUT2D eigenvalue weighted by atomic mass is 35.5. The summed E-state index contributed by atoms with van der Waals surface area (Å²) in [6.07, 6.45) is 3.50. The molecular weight excluding hydrogens is 381 g/mol. The lowest BCUT2D eigenvalue weighted by atomic mass is 10.0. The number of carbonyl (C=O) groups is 2. The number of aryl methyl sites for hydroxylation is 1. The van der Waals surface area contributed by atoms with Crippen LogP contribution in [0.15, 0.2) is 60.9 Å². The molecule has 0 bridgehead atoms. The third-order valence-corrected chi connectivity index (χ3v) is 4.62. The molecule has 144 valence electrons. The van der Waals surface area contributed by atoms with Gasteiger partial charge in [0.05, 0.1) is 0 Å². The van der Waals surface area contributed by atoms with Gasteiger partial charge < -0.3 is 9.88 Å². The number of Topliss-reactive ketones (excluding diaryl/α,β-unsaturated/α-hetero) is 1. The summed E-state index contributed by atoms with van der Waals surface area (Å²) in [5.41, 5.74) is 1.21. The second-order valence-corrected chi connectivity index (χ2v) is 6.81. The van der Waals surface area contributed by atoms with Crippen LogP contribution in [-0.2, 0) is 11.8 Å². The Morgan fingerprint density at radius 1 is 1.11 bits per heavy atom. The van der Waals surface area contributed by atoms with E-state index in [1.165, 1.54) is 12.1 Å². The number of ketones is 1. The molecule has 7 heteroatoms. The van der Waals surface area contributed by atoms with Crippen LogP contribution in [0.4, 0.5) is 4.39 Å². The minimum absolute atomic E-state index is 0.0313. The van der Waals surface area contributed by atoms with Gasteiger partial charge in [-0.15, -0.1) is 0 Å². The summed E-state index contributed by atoms with van der Waals surface area (Å²) in [5.74, 6) is -0.173. The third kappa shape index (κ3) is 4.84. The first kappa shape index (κ1) is 19.8. The van der Waals surface area contributed by atoms with Gasteiger partial charge >= 0.3 is 0 Å². The van der Waals surface area contributed by atoms with Crippen molar-refractivity contribution in [2.24, 2.45) is 7.05 Å². The van der Waals surface area contributed by atoms with Crippen LogP contribution in [0.2, 0.25) is 5.02 Å². The van der Waals surface area contributed by atoms with Gasteiger partial charge in [0.2, 0.25) is 5.91 Å². The summed E-state index contributed by atoms with van der Waals surface area (Å²) >= 11 is 5.82. The average molecular weight is 400 g/mol. The van der Waals surface area contributed by atoms with Gasteiger partial charge in [-0.1, -0.05) is 23.7 Å². The number of imidazole rings is 1. The van der Waals surface area contributed by atoms with E-state index in [1.54, 1.807) is 53.4 Å². The van der Waals surface area contributed by atoms with Gasteiger partial charge in [0.25, 0.3) is 0 Å². The molecule has 0 saturated heterocycles. The van der Waals surface area contributed by atoms with Crippen LogP contribution in [0.5, 0.6) is 0 Å². The maximum atomic E-state index is 13.3. The van der Waals surface area contributed by atoms with E-state index in [9.17, 15) is 14.0 Å². The molecule has 0 aliphatic carbocycles. The zero-order valence-electron chi connectivity index (χ0n) is 15.2. The highest BCUT2D eigenvalue weighted by Crippen LogP contribution is 2.21. The topological polar surface area (TPSA) is 64.0 Å². The van der Waals surface area contributed by atoms with Crippen LogP contribution < -0.4 is 5.32 Å². The number of carbonyl (C=O) groups excluding carboxylic acids is 2. The molecule has 1 unspecified atom stereocenters. The van der Waals surface area contributed by atoms with Crippen molar-refractivity contribution < 1.29 is 14.0 Å². The molecule has 3 rings (SSSR count). The fraction of sp³-hybridized carbons (Fsp3) is 0.190. The van der Waals surface area contributed by atoms with Crippen molar-refractivity contribution in [3.8, 4) is 0 Å². The molecule has 1 atom stereocenters. The van der Waals surface area contributed by atoms with Crippen LogP contribution in [0.3, 0.4) is 0 Å². The van der Waals surface area contributed by atoms with Crippen molar-refractivity contribution in [1.29, 1.82) is 0 Å². The Morgan fingerprint density at radius 2 is 1.79 bits per heavy atom. The predicted molar refractivity (Wildman–Crippen MR) is 105 cm³/mol. The van der Waals surface area contributed by atoms with E-state index in [2.05, 4.69) is 10.3 Å². The minimum Gasteiger partial charge on any atom is -0.342 e. The van der Waals surface area contributed by atoms with Gasteiger partial charge in [-0.2, -0.15) is 0 Å². The van der Waals surface area contributed by atoms with Gasteiger partial charge in [-0.05, 0) is 42.0 Å². The average Bonchev–Trinajstić information content (AvgIpc) is 3.11. The zero-order chi connectivity index (χ0) is 20.1. The molecule has 5 nitrogen and oxygen atoms in total. The van der Waals surface area contributed by atoms with Crippen LogP contribution >= 0.6 is 11.6 Å². The van der Waals surface area contributed by atoms with E-state index in [0.717, 1.165) is 0 Å². The number of hydrogen-bond donors (Lipinski definition) is 1. The van der Waals surface area contributed by atoms with Crippen molar-refractivity contribution in [2.45, 2.75) is 18.9 Å². The summed E-state index contributed by atoms with van der Waals surface area (Å²) in [7, 11) is 1.81. The first-order chi connectivity index (χ1) is 13.4. The van der Waals surface area contributed by atoms with E-state index in [1.807, 2.05) is 7.05 Å². The minimum atomic E-state index is -0.543. The molecule has 0 aliphatic heterocycles. The molecular formula is C21H19ClFN3O2. The third-order valence-electron chi connectivity index (χ3n) is 4.37. The monoisotopic (exact) mass is 399 g/mol. The second-order valence-electron chi connectivity index (χ2n) is 6.38. The van der Waals surface area contributed by atoms with Crippen molar-refractivity contribution in [1.82, 2.24) is 14.9 Å². The Labute approximate surface area is 167 Å². The number of halogens is 2. The lowest BCUT2D eigenvalue weighted by Gasteiger charge is -2.19. The summed E-state index contributed by atoms with van der Waals surface area (Å²) in [6.45, 7) is 0. The predicted octanol–water partition coefficient (Wildman–Crippen LogP) is 4.08. The molecule has 2 aromatic carbocycles. The number of hydrogen-bond acceptors (Lipinski definition) is 3. The van der Waals surface area contributed by atoms with Gasteiger partial charge in [-0.25, -0.2) is 9.37 Å². The van der Waals surface area contributed by atoms with E-state index in [4.69, 9.17) is 11.6 Å². The van der Waals surface area contributed by atoms with Gasteiger partial charge in [0.1, 0.15) is 17.7 Å². The summed E-state index contributed by atoms with van der Waals surface area (Å²) in [6, 6.07) is 11.9. The molecule has 0 aliphatic rings. The molecule has 0 spiro atoms. The lowest BCUT2D eigenvalue weighted by molar-refractivity contribution is -0.121. The molecule has 0 saturated carbocycles. The molecule has 1 amide bonds. The van der Waals surface area contributed by atoms with E-state index in [0.29, 0.717) is 22.0 Å². The maximum absolute atomic E-state index is 13.3. The number of nitrogens with one attached hydrogen (secondary N) is 1. The van der Waals surface area contributed by atoms with Crippen LogP contribution in [0.25, 0.3) is 0 Å². The summed E-state index contributed by atoms with van der Waals surface area (Å²) < 4.78 is 15.1. The van der Waals surface area contributed by atoms with Crippen LogP contribution in [0.1, 0.15) is 40.6 Å². The highest BCUT2D eigenvalue weighted by Gasteiger charge is 2.21. The van der Waals surface area contributed by atoms with Gasteiger partial charge in [0.15, 0.2) is 5.78 Å². The van der Waals surface area contributed by atoms with Gasteiger partial charge in [-0.3, -0.25) is 9.59 Å². The molecule has 28 heavy (non-hydrogen) atoms. The second kappa shape index (κ2) is 8.80. The van der Waals surface area contributed by atoms with Crippen LogP contribution in [-0.4, -0.2) is 21.2 Å². The molecule has 1 N–H and O–H groups in total. The Bertz CT molecular complexity index is 968. The number of nitrogens with zero attached hydrogens (tertiary/aromatic N) is 2. The number of rotatable bonds is 7. The fourth-order valence-electron chi connectivity index (χ4n) is 2.85. The molecule has 1 aromatic heterocycles. The smallest absolute Gasteiger partial charge is 0.221 e. The normalized spacial score (nSPS) is 11.8. The van der Waals surface area contributed by atoms with Crippen molar-refractivity contribution in [2.75, 3.05) is 0 Å². The Balaban J connectivity index is 1.69. The van der Waals surface area contributed by atoms with Crippen molar-refractivity contribution in [3.63, 3.8) is 0 Å². The zero-order valence-corrected chi connectivity index (χ0v) is 16.0. The van der Waals surface area contributed by atoms with E-state index < -0.39 is 6.04 Å².